The van der Waals surface area contributed by atoms with E-state index in [-0.39, 0.29) is 0 Å². The second-order valence-electron chi connectivity index (χ2n) is 13.1. The van der Waals surface area contributed by atoms with Gasteiger partial charge in [0.2, 0.25) is 0 Å². The molecule has 4 saturated carbocycles. The van der Waals surface area contributed by atoms with Gasteiger partial charge in [-0.05, 0) is 123 Å². The Hall–Kier alpha value is -3.58. The van der Waals surface area contributed by atoms with Gasteiger partial charge in [-0.1, -0.05) is 84.9 Å². The lowest BCUT2D eigenvalue weighted by Gasteiger charge is -2.57. The minimum Gasteiger partial charge on any atom is -0.378 e. The predicted octanol–water partition coefficient (Wildman–Crippen LogP) is 9.86. The molecule has 9 rings (SSSR count). The highest BCUT2D eigenvalue weighted by Crippen LogP contribution is 2.60. The minimum atomic E-state index is 0.444. The molecule has 0 aromatic heterocycles. The summed E-state index contributed by atoms with van der Waals surface area (Å²) >= 11 is 0. The molecule has 0 unspecified atom stereocenters. The average Bonchev–Trinajstić information content (AvgIpc) is 2.95. The Morgan fingerprint density at radius 1 is 0.513 bits per heavy atom. The van der Waals surface area contributed by atoms with Gasteiger partial charge in [-0.25, -0.2) is 0 Å². The van der Waals surface area contributed by atoms with Gasteiger partial charge in [0.05, 0.1) is 0 Å². The van der Waals surface area contributed by atoms with Gasteiger partial charge >= 0.3 is 0 Å². The van der Waals surface area contributed by atoms with E-state index in [1.807, 2.05) is 0 Å². The molecule has 4 aliphatic rings. The van der Waals surface area contributed by atoms with Crippen molar-refractivity contribution < 1.29 is 0 Å². The summed E-state index contributed by atoms with van der Waals surface area (Å²) in [6, 6.07) is 36.9. The summed E-state index contributed by atoms with van der Waals surface area (Å²) in [7, 11) is 4.20. The molecule has 0 aliphatic heterocycles. The van der Waals surface area contributed by atoms with Crippen molar-refractivity contribution in [1.82, 2.24) is 0 Å². The number of anilines is 1. The molecular weight excluding hydrogens is 470 g/mol. The van der Waals surface area contributed by atoms with E-state index in [1.54, 1.807) is 5.56 Å². The van der Waals surface area contributed by atoms with Gasteiger partial charge < -0.3 is 4.90 Å². The Balaban J connectivity index is 1.29. The molecule has 4 bridgehead atoms. The highest BCUT2D eigenvalue weighted by molar-refractivity contribution is 6.21. The van der Waals surface area contributed by atoms with Crippen molar-refractivity contribution >= 4 is 27.2 Å². The first kappa shape index (κ1) is 23.3. The van der Waals surface area contributed by atoms with Crippen molar-refractivity contribution in [1.29, 1.82) is 0 Å². The molecular formula is C38H37N. The maximum absolute atomic E-state index is 2.50. The van der Waals surface area contributed by atoms with Crippen molar-refractivity contribution in [2.75, 3.05) is 19.0 Å². The molecule has 0 amide bonds. The summed E-state index contributed by atoms with van der Waals surface area (Å²) < 4.78 is 0. The van der Waals surface area contributed by atoms with Crippen LogP contribution in [0.25, 0.3) is 43.8 Å². The molecule has 4 aliphatic carbocycles. The Labute approximate surface area is 232 Å². The van der Waals surface area contributed by atoms with Crippen LogP contribution >= 0.6 is 0 Å². The fraction of sp³-hybridized carbons (Fsp3) is 0.316. The predicted molar refractivity (Wildman–Crippen MR) is 167 cm³/mol. The number of benzene rings is 5. The molecule has 0 heterocycles. The topological polar surface area (TPSA) is 3.24 Å². The minimum absolute atomic E-state index is 0.444. The van der Waals surface area contributed by atoms with Gasteiger partial charge in [0, 0.05) is 19.8 Å². The van der Waals surface area contributed by atoms with E-state index >= 15 is 0 Å². The normalized spacial score (nSPS) is 25.4. The lowest BCUT2D eigenvalue weighted by atomic mass is 9.48. The summed E-state index contributed by atoms with van der Waals surface area (Å²) in [5.41, 5.74) is 8.59. The van der Waals surface area contributed by atoms with Crippen molar-refractivity contribution in [2.45, 2.75) is 43.9 Å². The Morgan fingerprint density at radius 3 is 1.28 bits per heavy atom. The fourth-order valence-electron chi connectivity index (χ4n) is 9.13. The molecule has 5 aromatic carbocycles. The standard InChI is InChI=1S/C38H37N/c1-39(2)31-17-13-29(14-18-31)37-34-9-5-3-7-32(34)36(33-8-4-6-10-35(33)37)28-11-15-30(16-12-28)38-22-25-19-26(23-38)21-27(20-25)24-38/h3-18,25-27H,19-24H2,1-2H3. The average molecular weight is 508 g/mol. The van der Waals surface area contributed by atoms with E-state index in [2.05, 4.69) is 116 Å². The quantitative estimate of drug-likeness (QED) is 0.219. The van der Waals surface area contributed by atoms with Crippen LogP contribution in [-0.2, 0) is 5.41 Å². The Bertz CT molecular complexity index is 1600. The number of hydrogen-bond donors (Lipinski definition) is 0. The van der Waals surface area contributed by atoms with Crippen molar-refractivity contribution in [2.24, 2.45) is 17.8 Å². The van der Waals surface area contributed by atoms with Gasteiger partial charge in [-0.15, -0.1) is 0 Å². The van der Waals surface area contributed by atoms with E-state index in [0.717, 1.165) is 17.8 Å². The van der Waals surface area contributed by atoms with Crippen molar-refractivity contribution in [3.63, 3.8) is 0 Å². The van der Waals surface area contributed by atoms with Crippen LogP contribution in [0.4, 0.5) is 5.69 Å². The van der Waals surface area contributed by atoms with E-state index in [9.17, 15) is 0 Å². The van der Waals surface area contributed by atoms with E-state index in [4.69, 9.17) is 0 Å². The summed E-state index contributed by atoms with van der Waals surface area (Å²) in [5.74, 6) is 2.93. The van der Waals surface area contributed by atoms with Crippen LogP contribution in [0.2, 0.25) is 0 Å². The van der Waals surface area contributed by atoms with Crippen LogP contribution in [0.1, 0.15) is 44.1 Å². The molecule has 0 N–H and O–H groups in total. The molecule has 5 aromatic rings. The Morgan fingerprint density at radius 2 is 0.897 bits per heavy atom. The van der Waals surface area contributed by atoms with Crippen LogP contribution in [0.15, 0.2) is 97.1 Å². The molecule has 0 spiro atoms. The molecule has 1 nitrogen and oxygen atoms in total. The lowest BCUT2D eigenvalue weighted by molar-refractivity contribution is -0.00518. The zero-order valence-electron chi connectivity index (χ0n) is 23.2. The van der Waals surface area contributed by atoms with Crippen LogP contribution < -0.4 is 4.90 Å². The number of rotatable bonds is 4. The molecule has 39 heavy (non-hydrogen) atoms. The van der Waals surface area contributed by atoms with Crippen molar-refractivity contribution in [3.05, 3.63) is 103 Å². The lowest BCUT2D eigenvalue weighted by Crippen LogP contribution is -2.48. The van der Waals surface area contributed by atoms with Crippen molar-refractivity contribution in [3.8, 4) is 22.3 Å². The largest absolute Gasteiger partial charge is 0.378 e. The van der Waals surface area contributed by atoms with Gasteiger partial charge in [0.1, 0.15) is 0 Å². The maximum atomic E-state index is 2.50. The first-order valence-corrected chi connectivity index (χ1v) is 14.9. The highest BCUT2D eigenvalue weighted by Gasteiger charge is 2.51. The molecule has 194 valence electrons. The first-order chi connectivity index (χ1) is 19.1. The van der Waals surface area contributed by atoms with Crippen LogP contribution in [0.3, 0.4) is 0 Å². The fourth-order valence-corrected chi connectivity index (χ4v) is 9.13. The zero-order valence-corrected chi connectivity index (χ0v) is 23.2. The second kappa shape index (κ2) is 8.71. The number of nitrogens with zero attached hydrogens (tertiary/aromatic N) is 1. The second-order valence-corrected chi connectivity index (χ2v) is 13.1. The van der Waals surface area contributed by atoms with E-state index < -0.39 is 0 Å². The molecule has 0 atom stereocenters. The maximum Gasteiger partial charge on any atom is 0.0361 e. The third-order valence-electron chi connectivity index (χ3n) is 10.4. The molecule has 0 saturated heterocycles. The highest BCUT2D eigenvalue weighted by atomic mass is 15.1. The van der Waals surface area contributed by atoms with Gasteiger partial charge in [-0.2, -0.15) is 0 Å². The number of hydrogen-bond acceptors (Lipinski definition) is 1. The smallest absolute Gasteiger partial charge is 0.0361 e. The third kappa shape index (κ3) is 3.66. The summed E-state index contributed by atoms with van der Waals surface area (Å²) in [6.07, 6.45) is 8.77. The first-order valence-electron chi connectivity index (χ1n) is 14.9. The summed E-state index contributed by atoms with van der Waals surface area (Å²) in [5, 5.41) is 5.33. The van der Waals surface area contributed by atoms with Gasteiger partial charge in [-0.3, -0.25) is 0 Å². The molecule has 0 radical (unpaired) electrons. The van der Waals surface area contributed by atoms with Crippen LogP contribution in [-0.4, -0.2) is 14.1 Å². The van der Waals surface area contributed by atoms with E-state index in [0.29, 0.717) is 5.41 Å². The molecule has 4 fully saturated rings. The van der Waals surface area contributed by atoms with E-state index in [1.165, 1.54) is 88.0 Å². The zero-order chi connectivity index (χ0) is 26.1. The number of fused-ring (bicyclic) bond motifs is 2. The van der Waals surface area contributed by atoms with Crippen LogP contribution in [0, 0.1) is 17.8 Å². The summed E-state index contributed by atoms with van der Waals surface area (Å²) in [4.78, 5) is 2.16. The van der Waals surface area contributed by atoms with Gasteiger partial charge in [0.25, 0.3) is 0 Å². The monoisotopic (exact) mass is 507 g/mol. The van der Waals surface area contributed by atoms with Gasteiger partial charge in [0.15, 0.2) is 0 Å². The van der Waals surface area contributed by atoms with Crippen LogP contribution in [0.5, 0.6) is 0 Å². The summed E-state index contributed by atoms with van der Waals surface area (Å²) in [6.45, 7) is 0. The molecule has 1 heteroatoms. The third-order valence-corrected chi connectivity index (χ3v) is 10.4. The Kier molecular flexibility index (Phi) is 5.21. The SMILES string of the molecule is CN(C)c1ccc(-c2c3ccccc3c(-c3ccc(C45CC6CC(CC(C6)C4)C5)cc3)c3ccccc23)cc1.